The quantitative estimate of drug-likeness (QED) is 0.618. The Morgan fingerprint density at radius 1 is 1.47 bits per heavy atom. The van der Waals surface area contributed by atoms with Gasteiger partial charge in [-0.2, -0.15) is 13.5 Å². The fourth-order valence-corrected chi connectivity index (χ4v) is 2.14. The van der Waals surface area contributed by atoms with Gasteiger partial charge in [-0.05, 0) is 5.92 Å². The predicted molar refractivity (Wildman–Crippen MR) is 66.4 cm³/mol. The van der Waals surface area contributed by atoms with Crippen molar-refractivity contribution in [1.82, 2.24) is 19.2 Å². The van der Waals surface area contributed by atoms with Crippen molar-refractivity contribution in [3.8, 4) is 0 Å². The Balaban J connectivity index is 2.30. The lowest BCUT2D eigenvalue weighted by atomic mass is 10.2. The summed E-state index contributed by atoms with van der Waals surface area (Å²) in [5.74, 6) is 0.275. The Hall–Kier alpha value is -1.12. The minimum absolute atomic E-state index is 0.272. The fourth-order valence-electron chi connectivity index (χ4n) is 1.12. The number of hydrogen-bond acceptors (Lipinski definition) is 4. The lowest BCUT2D eigenvalue weighted by molar-refractivity contribution is 0.535. The first-order valence-corrected chi connectivity index (χ1v) is 6.89. The van der Waals surface area contributed by atoms with Crippen molar-refractivity contribution in [3.63, 3.8) is 0 Å². The van der Waals surface area contributed by atoms with Gasteiger partial charge in [0.05, 0.1) is 18.4 Å². The molecule has 0 aliphatic heterocycles. The molecule has 1 rings (SSSR count). The van der Waals surface area contributed by atoms with Gasteiger partial charge in [0.25, 0.3) is 10.2 Å². The summed E-state index contributed by atoms with van der Waals surface area (Å²) in [5.41, 5.74) is 6.04. The largest absolute Gasteiger partial charge is 0.396 e. The van der Waals surface area contributed by atoms with Gasteiger partial charge < -0.3 is 5.73 Å². The fraction of sp³-hybridized carbons (Fsp3) is 0.667. The van der Waals surface area contributed by atoms with Gasteiger partial charge in [-0.25, -0.2) is 9.44 Å². The van der Waals surface area contributed by atoms with Crippen LogP contribution in [0, 0.1) is 5.92 Å². The summed E-state index contributed by atoms with van der Waals surface area (Å²) >= 11 is 0. The molecule has 1 aromatic heterocycles. The van der Waals surface area contributed by atoms with Crippen molar-refractivity contribution in [1.29, 1.82) is 0 Å². The van der Waals surface area contributed by atoms with E-state index in [2.05, 4.69) is 14.5 Å². The van der Waals surface area contributed by atoms with E-state index in [-0.39, 0.29) is 12.5 Å². The molecule has 0 saturated carbocycles. The van der Waals surface area contributed by atoms with E-state index in [0.717, 1.165) is 0 Å². The summed E-state index contributed by atoms with van der Waals surface area (Å²) in [4.78, 5) is 0. The maximum Gasteiger partial charge on any atom is 0.276 e. The zero-order valence-corrected chi connectivity index (χ0v) is 10.9. The van der Waals surface area contributed by atoms with Gasteiger partial charge in [-0.15, -0.1) is 0 Å². The molecule has 7 nitrogen and oxygen atoms in total. The molecule has 1 aromatic rings. The van der Waals surface area contributed by atoms with E-state index in [1.807, 2.05) is 13.8 Å². The molecular weight excluding hydrogens is 242 g/mol. The number of hydrogen-bond donors (Lipinski definition) is 3. The molecule has 0 aliphatic carbocycles. The van der Waals surface area contributed by atoms with Crippen LogP contribution in [0.15, 0.2) is 12.4 Å². The van der Waals surface area contributed by atoms with Crippen LogP contribution in [0.25, 0.3) is 0 Å². The van der Waals surface area contributed by atoms with Crippen molar-refractivity contribution in [2.75, 3.05) is 18.8 Å². The summed E-state index contributed by atoms with van der Waals surface area (Å²) < 4.78 is 29.4. The molecule has 0 bridgehead atoms. The first-order valence-electron chi connectivity index (χ1n) is 5.41. The standard InChI is InChI=1S/C9H19N5O2S/c1-8(2)5-13-17(15,16)12-3-4-14-7-9(10)6-11-14/h6-8,12-13H,3-5,10H2,1-2H3. The van der Waals surface area contributed by atoms with E-state index in [9.17, 15) is 8.42 Å². The molecule has 4 N–H and O–H groups in total. The molecule has 0 aromatic carbocycles. The maximum atomic E-state index is 11.5. The molecule has 0 aliphatic rings. The van der Waals surface area contributed by atoms with E-state index in [4.69, 9.17) is 5.73 Å². The zero-order chi connectivity index (χ0) is 12.9. The van der Waals surface area contributed by atoms with E-state index < -0.39 is 10.2 Å². The van der Waals surface area contributed by atoms with Crippen LogP contribution in [0.5, 0.6) is 0 Å². The highest BCUT2D eigenvalue weighted by molar-refractivity contribution is 7.87. The Bertz CT molecular complexity index is 440. The average Bonchev–Trinajstić information content (AvgIpc) is 2.61. The smallest absolute Gasteiger partial charge is 0.276 e. The second-order valence-electron chi connectivity index (χ2n) is 4.18. The Labute approximate surface area is 102 Å². The minimum Gasteiger partial charge on any atom is -0.396 e. The molecule has 0 spiro atoms. The van der Waals surface area contributed by atoms with Gasteiger partial charge >= 0.3 is 0 Å². The molecule has 8 heteroatoms. The summed E-state index contributed by atoms with van der Waals surface area (Å²) in [7, 11) is -3.41. The normalized spacial score (nSPS) is 12.2. The Kier molecular flexibility index (Phi) is 4.91. The van der Waals surface area contributed by atoms with Crippen LogP contribution in [0.3, 0.4) is 0 Å². The summed E-state index contributed by atoms with van der Waals surface area (Å²) in [5, 5.41) is 3.95. The van der Waals surface area contributed by atoms with E-state index in [0.29, 0.717) is 18.8 Å². The number of rotatable bonds is 7. The average molecular weight is 261 g/mol. The van der Waals surface area contributed by atoms with E-state index >= 15 is 0 Å². The van der Waals surface area contributed by atoms with Crippen molar-refractivity contribution in [2.24, 2.45) is 5.92 Å². The highest BCUT2D eigenvalue weighted by Crippen LogP contribution is 1.96. The summed E-state index contributed by atoms with van der Waals surface area (Å²) in [6, 6.07) is 0. The molecule has 0 amide bonds. The zero-order valence-electron chi connectivity index (χ0n) is 10.0. The molecule has 98 valence electrons. The third-order valence-corrected chi connectivity index (χ3v) is 3.10. The minimum atomic E-state index is -3.41. The topological polar surface area (TPSA) is 102 Å². The Morgan fingerprint density at radius 3 is 2.71 bits per heavy atom. The molecule has 0 atom stereocenters. The maximum absolute atomic E-state index is 11.5. The van der Waals surface area contributed by atoms with Crippen LogP contribution in [-0.2, 0) is 16.8 Å². The van der Waals surface area contributed by atoms with Crippen molar-refractivity contribution < 1.29 is 8.42 Å². The van der Waals surface area contributed by atoms with Crippen molar-refractivity contribution in [3.05, 3.63) is 12.4 Å². The monoisotopic (exact) mass is 261 g/mol. The molecule has 0 fully saturated rings. The van der Waals surface area contributed by atoms with Crippen LogP contribution < -0.4 is 15.2 Å². The number of nitrogens with two attached hydrogens (primary N) is 1. The molecule has 0 saturated heterocycles. The van der Waals surface area contributed by atoms with Gasteiger partial charge in [0.15, 0.2) is 0 Å². The number of nitrogen functional groups attached to an aromatic ring is 1. The molecule has 1 heterocycles. The van der Waals surface area contributed by atoms with Crippen LogP contribution in [0.4, 0.5) is 5.69 Å². The van der Waals surface area contributed by atoms with E-state index in [1.165, 1.54) is 6.20 Å². The molecule has 0 radical (unpaired) electrons. The highest BCUT2D eigenvalue weighted by atomic mass is 32.2. The molecule has 17 heavy (non-hydrogen) atoms. The first-order chi connectivity index (χ1) is 7.89. The predicted octanol–water partition coefficient (Wildman–Crippen LogP) is -0.455. The second kappa shape index (κ2) is 5.99. The number of nitrogens with zero attached hydrogens (tertiary/aromatic N) is 2. The number of nitrogens with one attached hydrogen (secondary N) is 2. The van der Waals surface area contributed by atoms with Crippen molar-refractivity contribution >= 4 is 15.9 Å². The Morgan fingerprint density at radius 2 is 2.18 bits per heavy atom. The highest BCUT2D eigenvalue weighted by Gasteiger charge is 2.08. The van der Waals surface area contributed by atoms with Gasteiger partial charge in [0.1, 0.15) is 0 Å². The molecular formula is C9H19N5O2S. The van der Waals surface area contributed by atoms with Crippen molar-refractivity contribution in [2.45, 2.75) is 20.4 Å². The van der Waals surface area contributed by atoms with Crippen LogP contribution in [0.2, 0.25) is 0 Å². The van der Waals surface area contributed by atoms with Crippen LogP contribution in [0.1, 0.15) is 13.8 Å². The summed E-state index contributed by atoms with van der Waals surface area (Å²) in [6.45, 7) is 5.02. The first kappa shape index (κ1) is 13.9. The lowest BCUT2D eigenvalue weighted by Crippen LogP contribution is -2.39. The SMILES string of the molecule is CC(C)CNS(=O)(=O)NCCn1cc(N)cn1. The third kappa shape index (κ3) is 5.66. The third-order valence-electron chi connectivity index (χ3n) is 1.97. The molecule has 0 unspecified atom stereocenters. The van der Waals surface area contributed by atoms with Gasteiger partial charge in [0, 0.05) is 19.3 Å². The number of aromatic nitrogens is 2. The van der Waals surface area contributed by atoms with Gasteiger partial charge in [-0.1, -0.05) is 13.8 Å². The summed E-state index contributed by atoms with van der Waals surface area (Å²) in [6.07, 6.45) is 3.17. The van der Waals surface area contributed by atoms with Crippen LogP contribution >= 0.6 is 0 Å². The van der Waals surface area contributed by atoms with Gasteiger partial charge in [0.2, 0.25) is 0 Å². The van der Waals surface area contributed by atoms with Crippen LogP contribution in [-0.4, -0.2) is 31.3 Å². The van der Waals surface area contributed by atoms with Gasteiger partial charge in [-0.3, -0.25) is 4.68 Å². The lowest BCUT2D eigenvalue weighted by Gasteiger charge is -2.09. The van der Waals surface area contributed by atoms with E-state index in [1.54, 1.807) is 10.9 Å². The second-order valence-corrected chi connectivity index (χ2v) is 5.76. The number of anilines is 1.